The predicted molar refractivity (Wildman–Crippen MR) is 120 cm³/mol. The van der Waals surface area contributed by atoms with E-state index in [2.05, 4.69) is 40.4 Å². The lowest BCUT2D eigenvalue weighted by molar-refractivity contribution is 0.0975. The number of halogens is 1. The summed E-state index contributed by atoms with van der Waals surface area (Å²) in [4.78, 5) is 25.1. The van der Waals surface area contributed by atoms with E-state index in [1.165, 1.54) is 11.3 Å². The minimum Gasteiger partial charge on any atom is -0.492 e. The molecule has 0 aliphatic rings. The van der Waals surface area contributed by atoms with Gasteiger partial charge < -0.3 is 15.8 Å². The van der Waals surface area contributed by atoms with Gasteiger partial charge in [-0.1, -0.05) is 13.8 Å². The third-order valence-corrected chi connectivity index (χ3v) is 5.80. The molecule has 0 aliphatic heterocycles. The molecular formula is C19H22BrN3O3S2. The van der Waals surface area contributed by atoms with Gasteiger partial charge in [0.1, 0.15) is 10.8 Å². The second-order valence-corrected chi connectivity index (χ2v) is 9.10. The van der Waals surface area contributed by atoms with Crippen LogP contribution in [-0.4, -0.2) is 23.5 Å². The van der Waals surface area contributed by atoms with Gasteiger partial charge in [-0.25, -0.2) is 0 Å². The average Bonchev–Trinajstić information content (AvgIpc) is 2.87. The zero-order chi connectivity index (χ0) is 21.0. The molecule has 0 aliphatic carbocycles. The first-order chi connectivity index (χ1) is 13.1. The standard InChI is InChI=1S/C19H22BrN3O3S2/c1-9(2)8-26-14-6-5-12(7-13(14)20)17(25)22-19(27)23-18-15(16(21)24)10(3)11(4)28-18/h5-7,9H,8H2,1-4H3,(H2,21,24)(H2,22,23,25,27). The van der Waals surface area contributed by atoms with E-state index in [9.17, 15) is 9.59 Å². The van der Waals surface area contributed by atoms with Crippen molar-refractivity contribution in [3.63, 3.8) is 0 Å². The van der Waals surface area contributed by atoms with E-state index in [0.29, 0.717) is 38.9 Å². The molecule has 0 unspecified atom stereocenters. The van der Waals surface area contributed by atoms with E-state index in [0.717, 1.165) is 10.4 Å². The fraction of sp³-hybridized carbons (Fsp3) is 0.316. The largest absolute Gasteiger partial charge is 0.492 e. The van der Waals surface area contributed by atoms with Crippen LogP contribution in [0.3, 0.4) is 0 Å². The minimum atomic E-state index is -0.542. The Kier molecular flexibility index (Phi) is 7.56. The van der Waals surface area contributed by atoms with Crippen molar-refractivity contribution in [2.24, 2.45) is 11.7 Å². The quantitative estimate of drug-likeness (QED) is 0.529. The molecule has 1 aromatic carbocycles. The SMILES string of the molecule is Cc1sc(NC(=S)NC(=O)c2ccc(OCC(C)C)c(Br)c2)c(C(N)=O)c1C. The molecule has 6 nitrogen and oxygen atoms in total. The number of thiocarbonyl (C=S) groups is 1. The maximum atomic E-state index is 12.5. The fourth-order valence-corrected chi connectivity index (χ4v) is 4.16. The first kappa shape index (κ1) is 22.3. The number of nitrogens with two attached hydrogens (primary N) is 1. The van der Waals surface area contributed by atoms with E-state index in [-0.39, 0.29) is 11.0 Å². The monoisotopic (exact) mass is 483 g/mol. The molecule has 0 radical (unpaired) electrons. The zero-order valence-corrected chi connectivity index (χ0v) is 19.2. The molecule has 28 heavy (non-hydrogen) atoms. The van der Waals surface area contributed by atoms with Gasteiger partial charge in [0.2, 0.25) is 0 Å². The minimum absolute atomic E-state index is 0.0880. The van der Waals surface area contributed by atoms with Crippen molar-refractivity contribution in [1.29, 1.82) is 0 Å². The van der Waals surface area contributed by atoms with Crippen molar-refractivity contribution < 1.29 is 14.3 Å². The van der Waals surface area contributed by atoms with Crippen LogP contribution >= 0.6 is 39.5 Å². The summed E-state index contributed by atoms with van der Waals surface area (Å²) in [6.45, 7) is 8.41. The summed E-state index contributed by atoms with van der Waals surface area (Å²) >= 11 is 9.99. The summed E-state index contributed by atoms with van der Waals surface area (Å²) in [7, 11) is 0. The van der Waals surface area contributed by atoms with Crippen molar-refractivity contribution in [2.45, 2.75) is 27.7 Å². The number of amides is 2. The Labute approximate surface area is 182 Å². The van der Waals surface area contributed by atoms with E-state index >= 15 is 0 Å². The Bertz CT molecular complexity index is 925. The molecule has 0 saturated carbocycles. The molecule has 2 aromatic rings. The maximum absolute atomic E-state index is 12.5. The van der Waals surface area contributed by atoms with Crippen molar-refractivity contribution in [3.8, 4) is 5.75 Å². The molecule has 2 rings (SSSR count). The number of hydrogen-bond donors (Lipinski definition) is 3. The molecule has 0 saturated heterocycles. The first-order valence-corrected chi connectivity index (χ1v) is 10.6. The van der Waals surface area contributed by atoms with Crippen molar-refractivity contribution >= 4 is 61.4 Å². The van der Waals surface area contributed by atoms with Gasteiger partial charge in [0.05, 0.1) is 16.6 Å². The van der Waals surface area contributed by atoms with Gasteiger partial charge in [-0.2, -0.15) is 0 Å². The number of nitrogens with one attached hydrogen (secondary N) is 2. The molecule has 1 heterocycles. The number of carbonyl (C=O) groups is 2. The highest BCUT2D eigenvalue weighted by Gasteiger charge is 2.19. The van der Waals surface area contributed by atoms with E-state index in [1.807, 2.05) is 13.8 Å². The average molecular weight is 484 g/mol. The molecule has 0 atom stereocenters. The van der Waals surface area contributed by atoms with Crippen LogP contribution in [0, 0.1) is 19.8 Å². The molecule has 150 valence electrons. The summed E-state index contributed by atoms with van der Waals surface area (Å²) in [6, 6.07) is 5.06. The van der Waals surface area contributed by atoms with Crippen molar-refractivity contribution in [3.05, 3.63) is 44.2 Å². The van der Waals surface area contributed by atoms with Gasteiger partial charge in [0.15, 0.2) is 5.11 Å². The van der Waals surface area contributed by atoms with Gasteiger partial charge in [0.25, 0.3) is 11.8 Å². The van der Waals surface area contributed by atoms with Gasteiger partial charge >= 0.3 is 0 Å². The predicted octanol–water partition coefficient (Wildman–Crippen LogP) is 4.39. The topological polar surface area (TPSA) is 93.4 Å². The Morgan fingerprint density at radius 1 is 1.32 bits per heavy atom. The Hall–Kier alpha value is -1.97. The lowest BCUT2D eigenvalue weighted by Crippen LogP contribution is -2.34. The summed E-state index contributed by atoms with van der Waals surface area (Å²) < 4.78 is 6.36. The Balaban J connectivity index is 2.07. The van der Waals surface area contributed by atoms with Crippen LogP contribution in [0.4, 0.5) is 5.00 Å². The number of benzene rings is 1. The van der Waals surface area contributed by atoms with Crippen molar-refractivity contribution in [1.82, 2.24) is 5.32 Å². The number of ether oxygens (including phenoxy) is 1. The normalized spacial score (nSPS) is 10.6. The molecule has 2 amide bonds. The highest BCUT2D eigenvalue weighted by atomic mass is 79.9. The first-order valence-electron chi connectivity index (χ1n) is 8.54. The molecule has 0 spiro atoms. The lowest BCUT2D eigenvalue weighted by atomic mass is 10.1. The highest BCUT2D eigenvalue weighted by molar-refractivity contribution is 9.10. The number of hydrogen-bond acceptors (Lipinski definition) is 5. The second kappa shape index (κ2) is 9.49. The number of primary amides is 1. The molecule has 4 N–H and O–H groups in total. The van der Waals surface area contributed by atoms with E-state index in [4.69, 9.17) is 22.7 Å². The van der Waals surface area contributed by atoms with Gasteiger partial charge in [-0.05, 0) is 71.7 Å². The number of anilines is 1. The third-order valence-electron chi connectivity index (χ3n) is 3.85. The summed E-state index contributed by atoms with van der Waals surface area (Å²) in [6.07, 6.45) is 0. The van der Waals surface area contributed by atoms with Gasteiger partial charge in [-0.3, -0.25) is 14.9 Å². The molecule has 0 fully saturated rings. The summed E-state index contributed by atoms with van der Waals surface area (Å²) in [5, 5.41) is 6.11. The summed E-state index contributed by atoms with van der Waals surface area (Å²) in [5.74, 6) is 0.147. The van der Waals surface area contributed by atoms with Crippen molar-refractivity contribution in [2.75, 3.05) is 11.9 Å². The second-order valence-electron chi connectivity index (χ2n) is 6.61. The van der Waals surface area contributed by atoms with Crippen LogP contribution in [0.5, 0.6) is 5.75 Å². The third kappa shape index (κ3) is 5.52. The van der Waals surface area contributed by atoms with Gasteiger partial charge in [0, 0.05) is 10.4 Å². The van der Waals surface area contributed by atoms with E-state index in [1.54, 1.807) is 18.2 Å². The van der Waals surface area contributed by atoms with Crippen LogP contribution in [0.25, 0.3) is 0 Å². The molecular weight excluding hydrogens is 462 g/mol. The number of thiophene rings is 1. The molecule has 0 bridgehead atoms. The Morgan fingerprint density at radius 2 is 2.00 bits per heavy atom. The smallest absolute Gasteiger partial charge is 0.257 e. The lowest BCUT2D eigenvalue weighted by Gasteiger charge is -2.12. The maximum Gasteiger partial charge on any atom is 0.257 e. The Morgan fingerprint density at radius 3 is 2.57 bits per heavy atom. The van der Waals surface area contributed by atoms with E-state index < -0.39 is 5.91 Å². The van der Waals surface area contributed by atoms with Crippen LogP contribution < -0.4 is 21.1 Å². The fourth-order valence-electron chi connectivity index (χ4n) is 2.34. The molecule has 1 aromatic heterocycles. The number of aryl methyl sites for hydroxylation is 1. The van der Waals surface area contributed by atoms with Crippen LogP contribution in [0.15, 0.2) is 22.7 Å². The number of carbonyl (C=O) groups excluding carboxylic acids is 2. The van der Waals surface area contributed by atoms with Gasteiger partial charge in [-0.15, -0.1) is 11.3 Å². The zero-order valence-electron chi connectivity index (χ0n) is 16.0. The molecule has 9 heteroatoms. The van der Waals surface area contributed by atoms with Crippen LogP contribution in [0.2, 0.25) is 0 Å². The highest BCUT2D eigenvalue weighted by Crippen LogP contribution is 2.32. The van der Waals surface area contributed by atoms with Crippen LogP contribution in [-0.2, 0) is 0 Å². The summed E-state index contributed by atoms with van der Waals surface area (Å²) in [5.41, 5.74) is 7.05. The number of rotatable bonds is 6. The van der Waals surface area contributed by atoms with Crippen LogP contribution in [0.1, 0.15) is 45.0 Å².